The summed E-state index contributed by atoms with van der Waals surface area (Å²) in [5.74, 6) is 1.11. The molecular formula is C17H26N2O4. The zero-order chi connectivity index (χ0) is 16.5. The van der Waals surface area contributed by atoms with Gasteiger partial charge >= 0.3 is 6.09 Å². The highest BCUT2D eigenvalue weighted by Gasteiger charge is 2.10. The first-order chi connectivity index (χ1) is 11.1. The van der Waals surface area contributed by atoms with Crippen LogP contribution in [0.25, 0.3) is 0 Å². The number of morpholine rings is 1. The molecule has 1 fully saturated rings. The fourth-order valence-electron chi connectivity index (χ4n) is 2.15. The number of hydrogen-bond acceptors (Lipinski definition) is 5. The van der Waals surface area contributed by atoms with E-state index in [0.29, 0.717) is 24.8 Å². The van der Waals surface area contributed by atoms with E-state index in [-0.39, 0.29) is 0 Å². The average molecular weight is 322 g/mol. The van der Waals surface area contributed by atoms with Crippen molar-refractivity contribution in [1.29, 1.82) is 0 Å². The molecule has 1 N–H and O–H groups in total. The van der Waals surface area contributed by atoms with E-state index in [1.54, 1.807) is 12.1 Å². The fraction of sp³-hybridized carbons (Fsp3) is 0.588. The minimum Gasteiger partial charge on any atom is -0.492 e. The Hall–Kier alpha value is -1.79. The Kier molecular flexibility index (Phi) is 7.16. The van der Waals surface area contributed by atoms with E-state index in [4.69, 9.17) is 14.2 Å². The van der Waals surface area contributed by atoms with Gasteiger partial charge in [0, 0.05) is 25.3 Å². The van der Waals surface area contributed by atoms with Gasteiger partial charge in [0.15, 0.2) is 0 Å². The minimum atomic E-state index is -0.431. The minimum absolute atomic E-state index is 0.322. The summed E-state index contributed by atoms with van der Waals surface area (Å²) in [6, 6.07) is 7.30. The fourth-order valence-corrected chi connectivity index (χ4v) is 2.15. The lowest BCUT2D eigenvalue weighted by Crippen LogP contribution is -2.38. The molecule has 0 spiro atoms. The van der Waals surface area contributed by atoms with Gasteiger partial charge in [-0.05, 0) is 30.2 Å². The van der Waals surface area contributed by atoms with Crippen LogP contribution < -0.4 is 10.1 Å². The normalized spacial score (nSPS) is 15.4. The van der Waals surface area contributed by atoms with Gasteiger partial charge in [-0.2, -0.15) is 0 Å². The number of carbonyl (C=O) groups excluding carboxylic acids is 1. The van der Waals surface area contributed by atoms with Crippen LogP contribution >= 0.6 is 0 Å². The summed E-state index contributed by atoms with van der Waals surface area (Å²) in [5.41, 5.74) is 0.694. The van der Waals surface area contributed by atoms with Gasteiger partial charge in [-0.15, -0.1) is 0 Å². The van der Waals surface area contributed by atoms with Crippen LogP contribution in [0.5, 0.6) is 5.75 Å². The molecule has 1 amide bonds. The number of ether oxygens (including phenoxy) is 3. The van der Waals surface area contributed by atoms with Crippen molar-refractivity contribution < 1.29 is 19.0 Å². The van der Waals surface area contributed by atoms with Gasteiger partial charge < -0.3 is 14.2 Å². The Morgan fingerprint density at radius 2 is 1.96 bits per heavy atom. The molecule has 2 rings (SSSR count). The SMILES string of the molecule is CC(C)COC(=O)Nc1ccc(OCCN2CCOCC2)cc1. The van der Waals surface area contributed by atoms with E-state index in [9.17, 15) is 4.79 Å². The highest BCUT2D eigenvalue weighted by molar-refractivity contribution is 5.84. The van der Waals surface area contributed by atoms with Crippen LogP contribution in [0.4, 0.5) is 10.5 Å². The van der Waals surface area contributed by atoms with Crippen molar-refractivity contribution in [1.82, 2.24) is 4.90 Å². The molecule has 1 aliphatic rings. The van der Waals surface area contributed by atoms with Crippen LogP contribution in [0.3, 0.4) is 0 Å². The third-order valence-corrected chi connectivity index (χ3v) is 3.43. The second-order valence-corrected chi connectivity index (χ2v) is 5.94. The molecule has 23 heavy (non-hydrogen) atoms. The maximum atomic E-state index is 11.6. The summed E-state index contributed by atoms with van der Waals surface area (Å²) in [5, 5.41) is 2.69. The van der Waals surface area contributed by atoms with Crippen molar-refractivity contribution >= 4 is 11.8 Å². The van der Waals surface area contributed by atoms with E-state index in [1.807, 2.05) is 26.0 Å². The molecule has 0 saturated carbocycles. The largest absolute Gasteiger partial charge is 0.492 e. The first-order valence-electron chi connectivity index (χ1n) is 8.10. The number of nitrogens with zero attached hydrogens (tertiary/aromatic N) is 1. The van der Waals surface area contributed by atoms with Gasteiger partial charge in [0.1, 0.15) is 12.4 Å². The molecular weight excluding hydrogens is 296 g/mol. The monoisotopic (exact) mass is 322 g/mol. The lowest BCUT2D eigenvalue weighted by atomic mass is 10.2. The lowest BCUT2D eigenvalue weighted by Gasteiger charge is -2.26. The zero-order valence-corrected chi connectivity index (χ0v) is 13.9. The van der Waals surface area contributed by atoms with Gasteiger partial charge in [0.25, 0.3) is 0 Å². The molecule has 0 bridgehead atoms. The lowest BCUT2D eigenvalue weighted by molar-refractivity contribution is 0.0322. The standard InChI is InChI=1S/C17H26N2O4/c1-14(2)13-23-17(20)18-15-3-5-16(6-4-15)22-12-9-19-7-10-21-11-8-19/h3-6,14H,7-13H2,1-2H3,(H,18,20). The van der Waals surface area contributed by atoms with Crippen LogP contribution in [0.15, 0.2) is 24.3 Å². The Balaban J connectivity index is 1.68. The van der Waals surface area contributed by atoms with Crippen molar-refractivity contribution in [2.75, 3.05) is 51.4 Å². The molecule has 1 aromatic rings. The quantitative estimate of drug-likeness (QED) is 0.836. The maximum Gasteiger partial charge on any atom is 0.411 e. The number of rotatable bonds is 7. The summed E-state index contributed by atoms with van der Waals surface area (Å²) in [6.07, 6.45) is -0.431. The van der Waals surface area contributed by atoms with Crippen molar-refractivity contribution in [3.63, 3.8) is 0 Å². The van der Waals surface area contributed by atoms with Crippen molar-refractivity contribution in [2.45, 2.75) is 13.8 Å². The Labute approximate surface area is 137 Å². The third-order valence-electron chi connectivity index (χ3n) is 3.43. The van der Waals surface area contributed by atoms with Gasteiger partial charge in [-0.3, -0.25) is 10.2 Å². The van der Waals surface area contributed by atoms with Gasteiger partial charge in [0.2, 0.25) is 0 Å². The predicted octanol–water partition coefficient (Wildman–Crippen LogP) is 2.60. The van der Waals surface area contributed by atoms with Crippen molar-refractivity contribution in [3.8, 4) is 5.75 Å². The number of amides is 1. The smallest absolute Gasteiger partial charge is 0.411 e. The first kappa shape index (κ1) is 17.6. The maximum absolute atomic E-state index is 11.6. The average Bonchev–Trinajstić information content (AvgIpc) is 2.56. The number of hydrogen-bond donors (Lipinski definition) is 1. The van der Waals surface area contributed by atoms with Gasteiger partial charge in [-0.1, -0.05) is 13.8 Å². The molecule has 1 heterocycles. The molecule has 1 aromatic carbocycles. The molecule has 0 radical (unpaired) electrons. The molecule has 6 heteroatoms. The molecule has 0 unspecified atom stereocenters. The first-order valence-corrected chi connectivity index (χ1v) is 8.10. The Bertz CT molecular complexity index is 470. The van der Waals surface area contributed by atoms with Crippen LogP contribution in [0.1, 0.15) is 13.8 Å². The van der Waals surface area contributed by atoms with Crippen LogP contribution in [0, 0.1) is 5.92 Å². The Morgan fingerprint density at radius 3 is 2.61 bits per heavy atom. The molecule has 128 valence electrons. The topological polar surface area (TPSA) is 60.0 Å². The summed E-state index contributed by atoms with van der Waals surface area (Å²) < 4.78 is 16.1. The summed E-state index contributed by atoms with van der Waals surface area (Å²) in [7, 11) is 0. The highest BCUT2D eigenvalue weighted by atomic mass is 16.5. The third kappa shape index (κ3) is 6.88. The Morgan fingerprint density at radius 1 is 1.26 bits per heavy atom. The predicted molar refractivity (Wildman–Crippen MR) is 89.0 cm³/mol. The number of benzene rings is 1. The summed E-state index contributed by atoms with van der Waals surface area (Å²) in [4.78, 5) is 13.9. The summed E-state index contributed by atoms with van der Waals surface area (Å²) in [6.45, 7) is 9.46. The molecule has 6 nitrogen and oxygen atoms in total. The van der Waals surface area contributed by atoms with E-state index in [2.05, 4.69) is 10.2 Å². The molecule has 0 atom stereocenters. The van der Waals surface area contributed by atoms with Crippen molar-refractivity contribution in [3.05, 3.63) is 24.3 Å². The molecule has 0 aliphatic carbocycles. The van der Waals surface area contributed by atoms with E-state index >= 15 is 0 Å². The number of nitrogens with one attached hydrogen (secondary N) is 1. The highest BCUT2D eigenvalue weighted by Crippen LogP contribution is 2.16. The number of anilines is 1. The van der Waals surface area contributed by atoms with Crippen LogP contribution in [-0.2, 0) is 9.47 Å². The zero-order valence-electron chi connectivity index (χ0n) is 13.9. The van der Waals surface area contributed by atoms with Crippen LogP contribution in [-0.4, -0.2) is 57.1 Å². The van der Waals surface area contributed by atoms with E-state index < -0.39 is 6.09 Å². The van der Waals surface area contributed by atoms with Gasteiger partial charge in [-0.25, -0.2) is 4.79 Å². The van der Waals surface area contributed by atoms with Crippen molar-refractivity contribution in [2.24, 2.45) is 5.92 Å². The molecule has 1 aliphatic heterocycles. The summed E-state index contributed by atoms with van der Waals surface area (Å²) >= 11 is 0. The van der Waals surface area contributed by atoms with Crippen LogP contribution in [0.2, 0.25) is 0 Å². The molecule has 1 saturated heterocycles. The number of carbonyl (C=O) groups is 1. The van der Waals surface area contributed by atoms with Gasteiger partial charge in [0.05, 0.1) is 19.8 Å². The second-order valence-electron chi connectivity index (χ2n) is 5.94. The van der Waals surface area contributed by atoms with E-state index in [1.165, 1.54) is 0 Å². The molecule has 0 aromatic heterocycles. The second kappa shape index (κ2) is 9.37. The van der Waals surface area contributed by atoms with E-state index in [0.717, 1.165) is 38.6 Å².